The number of hydrogen-bond donors (Lipinski definition) is 0. The minimum atomic E-state index is -0.491. The van der Waals surface area contributed by atoms with Crippen molar-refractivity contribution in [1.82, 2.24) is 0 Å². The second-order valence-corrected chi connectivity index (χ2v) is 9.16. The minimum absolute atomic E-state index is 0.292. The van der Waals surface area contributed by atoms with E-state index in [4.69, 9.17) is 18.9 Å². The van der Waals surface area contributed by atoms with Crippen LogP contribution in [0.5, 0.6) is 11.5 Å². The summed E-state index contributed by atoms with van der Waals surface area (Å²) < 4.78 is 23.6. The normalized spacial score (nSPS) is 21.8. The van der Waals surface area contributed by atoms with Crippen LogP contribution in [0.1, 0.15) is 12.8 Å². The second-order valence-electron chi connectivity index (χ2n) is 6.13. The molecule has 0 bridgehead atoms. The van der Waals surface area contributed by atoms with E-state index in [9.17, 15) is 9.59 Å². The number of benzene rings is 2. The van der Waals surface area contributed by atoms with E-state index in [1.54, 1.807) is 0 Å². The van der Waals surface area contributed by atoms with E-state index in [0.29, 0.717) is 37.6 Å². The molecule has 2 atom stereocenters. The molecule has 0 saturated carbocycles. The van der Waals surface area contributed by atoms with Crippen molar-refractivity contribution >= 4 is 11.9 Å². The van der Waals surface area contributed by atoms with Crippen LogP contribution >= 0.6 is 0 Å². The molecule has 0 N–H and O–H groups in total. The van der Waals surface area contributed by atoms with Crippen molar-refractivity contribution in [3.05, 3.63) is 55.7 Å². The Morgan fingerprint density at radius 3 is 1.44 bits per heavy atom. The third kappa shape index (κ3) is 4.52. The van der Waals surface area contributed by atoms with Gasteiger partial charge in [0.1, 0.15) is 0 Å². The van der Waals surface area contributed by atoms with Crippen LogP contribution in [-0.4, -0.2) is 37.4 Å². The van der Waals surface area contributed by atoms with Gasteiger partial charge >= 0.3 is 167 Å². The van der Waals surface area contributed by atoms with Gasteiger partial charge in [-0.3, -0.25) is 0 Å². The molecule has 2 aromatic rings. The molecule has 7 heteroatoms. The molecule has 27 heavy (non-hydrogen) atoms. The predicted octanol–water partition coefficient (Wildman–Crippen LogP) is -0.796. The van der Waals surface area contributed by atoms with E-state index < -0.39 is 12.2 Å². The van der Waals surface area contributed by atoms with Gasteiger partial charge in [0.15, 0.2) is 0 Å². The fourth-order valence-electron chi connectivity index (χ4n) is 2.78. The number of esters is 2. The first-order valence-corrected chi connectivity index (χ1v) is 10.8. The van der Waals surface area contributed by atoms with Crippen molar-refractivity contribution in [2.75, 3.05) is 13.2 Å². The Morgan fingerprint density at radius 1 is 0.704 bits per heavy atom. The third-order valence-corrected chi connectivity index (χ3v) is 6.86. The first-order chi connectivity index (χ1) is 13.2. The zero-order valence-corrected chi connectivity index (χ0v) is 16.6. The van der Waals surface area contributed by atoms with Crippen molar-refractivity contribution in [2.45, 2.75) is 25.0 Å². The summed E-state index contributed by atoms with van der Waals surface area (Å²) in [4.78, 5) is 22.9. The zero-order valence-electron chi connectivity index (χ0n) is 14.4. The molecule has 2 aliphatic rings. The van der Waals surface area contributed by atoms with E-state index in [0.717, 1.165) is 0 Å². The number of cyclic esters (lactones) is 2. The Balaban J connectivity index is 1.33. The van der Waals surface area contributed by atoms with E-state index in [-0.39, 0.29) is 33.1 Å². The fourth-order valence-corrected chi connectivity index (χ4v) is 4.93. The van der Waals surface area contributed by atoms with Crippen molar-refractivity contribution in [2.24, 2.45) is 0 Å². The summed E-state index contributed by atoms with van der Waals surface area (Å²) >= 11 is -0.342. The van der Waals surface area contributed by atoms with Gasteiger partial charge in [-0.15, -0.1) is 0 Å². The van der Waals surface area contributed by atoms with E-state index >= 15 is 0 Å². The van der Waals surface area contributed by atoms with Gasteiger partial charge in [0.05, 0.1) is 0 Å². The van der Waals surface area contributed by atoms with Gasteiger partial charge < -0.3 is 0 Å². The van der Waals surface area contributed by atoms with Crippen molar-refractivity contribution < 1.29 is 49.7 Å². The van der Waals surface area contributed by atoms with Gasteiger partial charge in [-0.05, 0) is 0 Å². The van der Waals surface area contributed by atoms with Crippen LogP contribution in [0.4, 0.5) is 0 Å². The fraction of sp³-hybridized carbons (Fsp3) is 0.300. The summed E-state index contributed by atoms with van der Waals surface area (Å²) in [6.45, 7) is 0.851. The molecule has 142 valence electrons. The summed E-state index contributed by atoms with van der Waals surface area (Å²) in [5, 5.41) is 0. The number of ether oxygens (including phenoxy) is 4. The number of carbonyl (C=O) groups is 2. The molecule has 2 saturated heterocycles. The average Bonchev–Trinajstić information content (AvgIpc) is 3.27. The van der Waals surface area contributed by atoms with E-state index in [1.807, 2.05) is 48.5 Å². The molecular formula is C20H18IO6-. The SMILES string of the molecule is O=C1OCCC1Oc1ccc([I-]c2ccc(OC3CCOC3=O)cc2)cc1. The third-order valence-electron chi connectivity index (χ3n) is 4.18. The van der Waals surface area contributed by atoms with Crippen molar-refractivity contribution in [1.29, 1.82) is 0 Å². The van der Waals surface area contributed by atoms with Crippen molar-refractivity contribution in [3.8, 4) is 11.5 Å². The molecule has 2 fully saturated rings. The van der Waals surface area contributed by atoms with Gasteiger partial charge in [-0.2, -0.15) is 0 Å². The number of carbonyl (C=O) groups excluding carboxylic acids is 2. The average molecular weight is 481 g/mol. The monoisotopic (exact) mass is 481 g/mol. The van der Waals surface area contributed by atoms with Gasteiger partial charge in [0, 0.05) is 0 Å². The van der Waals surface area contributed by atoms with Crippen molar-refractivity contribution in [3.63, 3.8) is 0 Å². The standard InChI is InChI=1S/C20H18IO6/c22-19-17(9-11-24-19)26-15-5-1-13(2-6-15)21-14-3-7-16(8-4-14)27-18-10-12-25-20(18)23/h1-8,17-18H,9-12H2/q-1. The topological polar surface area (TPSA) is 71.1 Å². The Hall–Kier alpha value is -2.29. The van der Waals surface area contributed by atoms with Crippen LogP contribution in [0.25, 0.3) is 0 Å². The number of rotatable bonds is 6. The Morgan fingerprint density at radius 2 is 1.11 bits per heavy atom. The van der Waals surface area contributed by atoms with Gasteiger partial charge in [-0.25, -0.2) is 0 Å². The van der Waals surface area contributed by atoms with Crippen LogP contribution in [0, 0.1) is 7.14 Å². The molecule has 0 radical (unpaired) electrons. The van der Waals surface area contributed by atoms with Gasteiger partial charge in [-0.1, -0.05) is 0 Å². The molecule has 2 heterocycles. The summed E-state index contributed by atoms with van der Waals surface area (Å²) in [6, 6.07) is 15.7. The van der Waals surface area contributed by atoms with Crippen LogP contribution in [0.15, 0.2) is 48.5 Å². The summed E-state index contributed by atoms with van der Waals surface area (Å²) in [5.41, 5.74) is 0. The molecule has 0 amide bonds. The summed E-state index contributed by atoms with van der Waals surface area (Å²) in [7, 11) is 0. The van der Waals surface area contributed by atoms with Crippen LogP contribution in [-0.2, 0) is 19.1 Å². The molecule has 2 aromatic carbocycles. The first-order valence-electron chi connectivity index (χ1n) is 8.69. The first kappa shape index (κ1) is 18.1. The maximum absolute atomic E-state index is 11.5. The summed E-state index contributed by atoms with van der Waals surface area (Å²) in [6.07, 6.45) is 0.214. The van der Waals surface area contributed by atoms with Crippen LogP contribution in [0.2, 0.25) is 0 Å². The maximum atomic E-state index is 11.5. The molecule has 0 spiro atoms. The molecule has 2 unspecified atom stereocenters. The van der Waals surface area contributed by atoms with Crippen LogP contribution in [0.3, 0.4) is 0 Å². The molecular weight excluding hydrogens is 463 g/mol. The zero-order chi connectivity index (χ0) is 18.6. The Labute approximate surface area is 167 Å². The second kappa shape index (κ2) is 8.16. The molecule has 0 aromatic heterocycles. The molecule has 2 aliphatic heterocycles. The molecule has 4 rings (SSSR count). The summed E-state index contributed by atoms with van der Waals surface area (Å²) in [5.74, 6) is 0.775. The van der Waals surface area contributed by atoms with Gasteiger partial charge in [0.2, 0.25) is 0 Å². The molecule has 0 aliphatic carbocycles. The van der Waals surface area contributed by atoms with E-state index in [1.165, 1.54) is 7.14 Å². The predicted molar refractivity (Wildman–Crippen MR) is 90.3 cm³/mol. The number of hydrogen-bond acceptors (Lipinski definition) is 6. The Kier molecular flexibility index (Phi) is 5.47. The quantitative estimate of drug-likeness (QED) is 0.398. The van der Waals surface area contributed by atoms with E-state index in [2.05, 4.69) is 0 Å². The Bertz CT molecular complexity index is 748. The van der Waals surface area contributed by atoms with Crippen LogP contribution < -0.4 is 30.7 Å². The number of halogens is 1. The molecule has 6 nitrogen and oxygen atoms in total. The van der Waals surface area contributed by atoms with Gasteiger partial charge in [0.25, 0.3) is 0 Å².